The molecule has 21 heavy (non-hydrogen) atoms. The Morgan fingerprint density at radius 2 is 2.29 bits per heavy atom. The Balaban J connectivity index is 2.24. The summed E-state index contributed by atoms with van der Waals surface area (Å²) in [5.41, 5.74) is 0.831. The largest absolute Gasteiger partial charge is 0.375 e. The van der Waals surface area contributed by atoms with Crippen LogP contribution in [0.1, 0.15) is 23.7 Å². The maximum atomic E-state index is 11.9. The van der Waals surface area contributed by atoms with Crippen LogP contribution in [0.2, 0.25) is 0 Å². The van der Waals surface area contributed by atoms with Crippen LogP contribution in [0, 0.1) is 10.1 Å². The van der Waals surface area contributed by atoms with E-state index in [1.54, 1.807) is 6.07 Å². The van der Waals surface area contributed by atoms with Crippen molar-refractivity contribution < 1.29 is 9.72 Å². The lowest BCUT2D eigenvalue weighted by molar-refractivity contribution is -0.384. The minimum Gasteiger partial charge on any atom is -0.375 e. The van der Waals surface area contributed by atoms with Crippen molar-refractivity contribution in [1.82, 2.24) is 10.2 Å². The zero-order valence-electron chi connectivity index (χ0n) is 12.3. The van der Waals surface area contributed by atoms with E-state index in [4.69, 9.17) is 0 Å². The van der Waals surface area contributed by atoms with Gasteiger partial charge in [-0.15, -0.1) is 0 Å². The van der Waals surface area contributed by atoms with Gasteiger partial charge in [0.05, 0.1) is 4.92 Å². The van der Waals surface area contributed by atoms with Crippen LogP contribution >= 0.6 is 0 Å². The van der Waals surface area contributed by atoms with Gasteiger partial charge in [-0.2, -0.15) is 0 Å². The third kappa shape index (κ3) is 3.69. The van der Waals surface area contributed by atoms with E-state index >= 15 is 0 Å². The van der Waals surface area contributed by atoms with Crippen molar-refractivity contribution in [1.29, 1.82) is 0 Å². The Morgan fingerprint density at radius 3 is 2.86 bits per heavy atom. The molecular weight excluding hydrogens is 272 g/mol. The van der Waals surface area contributed by atoms with Crippen molar-refractivity contribution in [3.05, 3.63) is 33.9 Å². The first-order chi connectivity index (χ1) is 10.0. The van der Waals surface area contributed by atoms with Crippen LogP contribution in [0.25, 0.3) is 0 Å². The van der Waals surface area contributed by atoms with Crippen molar-refractivity contribution >= 4 is 17.3 Å². The van der Waals surface area contributed by atoms with Crippen LogP contribution in [-0.4, -0.2) is 48.5 Å². The number of hydrogen-bond donors (Lipinski definition) is 2. The summed E-state index contributed by atoms with van der Waals surface area (Å²) in [5.74, 6) is -0.223. The molecule has 0 aromatic heterocycles. The molecule has 0 aliphatic carbocycles. The Labute approximate surface area is 123 Å². The fourth-order valence-corrected chi connectivity index (χ4v) is 2.49. The predicted octanol–water partition coefficient (Wildman–Crippen LogP) is 1.46. The normalized spacial score (nSPS) is 18.5. The number of carbonyl (C=O) groups excluding carboxylic acids is 1. The van der Waals surface area contributed by atoms with Gasteiger partial charge in [-0.1, -0.05) is 0 Å². The topological polar surface area (TPSA) is 87.5 Å². The van der Waals surface area contributed by atoms with Gasteiger partial charge < -0.3 is 15.5 Å². The second-order valence-electron chi connectivity index (χ2n) is 5.24. The summed E-state index contributed by atoms with van der Waals surface area (Å²) in [6.07, 6.45) is 0.930. The van der Waals surface area contributed by atoms with Crippen molar-refractivity contribution in [3.63, 3.8) is 0 Å². The molecule has 1 fully saturated rings. The molecule has 1 aromatic rings. The van der Waals surface area contributed by atoms with Gasteiger partial charge in [-0.05, 0) is 39.1 Å². The van der Waals surface area contributed by atoms with Crippen molar-refractivity contribution in [3.8, 4) is 0 Å². The molecule has 1 unspecified atom stereocenters. The van der Waals surface area contributed by atoms with Gasteiger partial charge in [0.2, 0.25) is 0 Å². The average Bonchev–Trinajstić information content (AvgIpc) is 2.84. The van der Waals surface area contributed by atoms with Gasteiger partial charge in [0.15, 0.2) is 0 Å². The molecule has 1 heterocycles. The van der Waals surface area contributed by atoms with Gasteiger partial charge in [-0.3, -0.25) is 14.9 Å². The number of nitrogens with one attached hydrogen (secondary N) is 2. The van der Waals surface area contributed by atoms with Gasteiger partial charge in [0.1, 0.15) is 5.69 Å². The first kappa shape index (κ1) is 15.2. The summed E-state index contributed by atoms with van der Waals surface area (Å²) >= 11 is 0. The molecule has 0 saturated carbocycles. The molecule has 1 aromatic carbocycles. The van der Waals surface area contributed by atoms with E-state index in [2.05, 4.69) is 15.5 Å². The molecule has 1 atom stereocenters. The summed E-state index contributed by atoms with van der Waals surface area (Å²) in [7, 11) is 2.02. The zero-order chi connectivity index (χ0) is 15.4. The van der Waals surface area contributed by atoms with E-state index in [9.17, 15) is 14.9 Å². The van der Waals surface area contributed by atoms with E-state index in [0.29, 0.717) is 17.8 Å². The van der Waals surface area contributed by atoms with Gasteiger partial charge >= 0.3 is 0 Å². The second kappa shape index (κ2) is 6.53. The van der Waals surface area contributed by atoms with Crippen molar-refractivity contribution in [2.24, 2.45) is 0 Å². The first-order valence-electron chi connectivity index (χ1n) is 7.03. The smallest absolute Gasteiger partial charge is 0.292 e. The number of nitro groups is 1. The van der Waals surface area contributed by atoms with Crippen LogP contribution in [0.4, 0.5) is 11.4 Å². The monoisotopic (exact) mass is 292 g/mol. The summed E-state index contributed by atoms with van der Waals surface area (Å²) in [6.45, 7) is 4.15. The lowest BCUT2D eigenvalue weighted by Gasteiger charge is -2.15. The van der Waals surface area contributed by atoms with Gasteiger partial charge in [-0.25, -0.2) is 0 Å². The number of nitrogens with zero attached hydrogens (tertiary/aromatic N) is 2. The van der Waals surface area contributed by atoms with Crippen molar-refractivity contribution in [2.45, 2.75) is 19.4 Å². The van der Waals surface area contributed by atoms with Gasteiger partial charge in [0, 0.05) is 30.8 Å². The molecule has 2 rings (SSSR count). The van der Waals surface area contributed by atoms with E-state index in [-0.39, 0.29) is 17.6 Å². The molecule has 114 valence electrons. The summed E-state index contributed by atoms with van der Waals surface area (Å²) < 4.78 is 0. The minimum absolute atomic E-state index is 0.00222. The zero-order valence-corrected chi connectivity index (χ0v) is 12.3. The van der Waals surface area contributed by atoms with Crippen LogP contribution in [0.15, 0.2) is 18.2 Å². The molecule has 2 N–H and O–H groups in total. The number of benzene rings is 1. The lowest BCUT2D eigenvalue weighted by Crippen LogP contribution is -2.25. The molecule has 0 spiro atoms. The number of rotatable bonds is 5. The van der Waals surface area contributed by atoms with E-state index in [0.717, 1.165) is 19.5 Å². The number of nitro benzene ring substituents is 1. The number of likely N-dealkylation sites (tertiary alicyclic amines) is 1. The van der Waals surface area contributed by atoms with Crippen molar-refractivity contribution in [2.75, 3.05) is 32.0 Å². The summed E-state index contributed by atoms with van der Waals surface area (Å²) in [6, 6.07) is 4.58. The Morgan fingerprint density at radius 1 is 1.52 bits per heavy atom. The number of likely N-dealkylation sites (N-methyl/N-ethyl adjacent to an activating group) is 1. The maximum Gasteiger partial charge on any atom is 0.292 e. The Bertz CT molecular complexity index is 547. The molecule has 1 amide bonds. The fourth-order valence-electron chi connectivity index (χ4n) is 2.49. The summed E-state index contributed by atoms with van der Waals surface area (Å²) in [4.78, 5) is 24.7. The highest BCUT2D eigenvalue weighted by Crippen LogP contribution is 2.27. The Hall–Kier alpha value is -2.15. The van der Waals surface area contributed by atoms with Crippen LogP contribution in [0.3, 0.4) is 0 Å². The lowest BCUT2D eigenvalue weighted by atomic mass is 10.1. The Kier molecular flexibility index (Phi) is 4.74. The number of hydrogen-bond acceptors (Lipinski definition) is 5. The van der Waals surface area contributed by atoms with Gasteiger partial charge in [0.25, 0.3) is 11.6 Å². The highest BCUT2D eigenvalue weighted by molar-refractivity contribution is 5.95. The number of carbonyl (C=O) groups is 1. The average molecular weight is 292 g/mol. The summed E-state index contributed by atoms with van der Waals surface area (Å²) in [5, 5.41) is 17.0. The molecule has 0 bridgehead atoms. The van der Waals surface area contributed by atoms with E-state index < -0.39 is 4.92 Å². The molecule has 0 radical (unpaired) electrons. The predicted molar refractivity (Wildman–Crippen MR) is 80.6 cm³/mol. The number of amides is 1. The van der Waals surface area contributed by atoms with E-state index in [1.165, 1.54) is 12.1 Å². The van der Waals surface area contributed by atoms with Crippen LogP contribution in [0.5, 0.6) is 0 Å². The minimum atomic E-state index is -0.428. The molecule has 1 saturated heterocycles. The molecule has 1 aliphatic rings. The number of anilines is 1. The molecular formula is C14H20N4O3. The second-order valence-corrected chi connectivity index (χ2v) is 5.24. The standard InChI is InChI=1S/C14H20N4O3/c1-3-15-14(19)10-4-5-13(18(20)21)12(8-10)16-11-6-7-17(2)9-11/h4-5,8,11,16H,3,6-7,9H2,1-2H3,(H,15,19). The highest BCUT2D eigenvalue weighted by atomic mass is 16.6. The molecule has 1 aliphatic heterocycles. The SMILES string of the molecule is CCNC(=O)c1ccc([N+](=O)[O-])c(NC2CCN(C)C2)c1. The van der Waals surface area contributed by atoms with Crippen LogP contribution < -0.4 is 10.6 Å². The van der Waals surface area contributed by atoms with Crippen LogP contribution in [-0.2, 0) is 0 Å². The first-order valence-corrected chi connectivity index (χ1v) is 7.03. The third-order valence-corrected chi connectivity index (χ3v) is 3.54. The fraction of sp³-hybridized carbons (Fsp3) is 0.500. The maximum absolute atomic E-state index is 11.9. The third-order valence-electron chi connectivity index (χ3n) is 3.54. The molecule has 7 nitrogen and oxygen atoms in total. The molecule has 7 heteroatoms. The van der Waals surface area contributed by atoms with E-state index in [1.807, 2.05) is 14.0 Å². The quantitative estimate of drug-likeness (QED) is 0.633. The highest BCUT2D eigenvalue weighted by Gasteiger charge is 2.23.